The van der Waals surface area contributed by atoms with Crippen LogP contribution in [0.25, 0.3) is 0 Å². The SMILES string of the molecule is [CH2-]O.[CH3-].[U+2]. The van der Waals surface area contributed by atoms with Crippen LogP contribution in [0.1, 0.15) is 0 Å². The first-order valence-corrected chi connectivity index (χ1v) is 0.316. The van der Waals surface area contributed by atoms with Gasteiger partial charge in [0.25, 0.3) is 0 Å². The van der Waals surface area contributed by atoms with Gasteiger partial charge >= 0.3 is 31.1 Å². The standard InChI is InChI=1S/CH3O.CH3.U/c1-2;;/h2H,1H2;1H3;/q2*-1;+2. The minimum absolute atomic E-state index is 0. The average molecular weight is 284 g/mol. The molecule has 0 rings (SSSR count). The van der Waals surface area contributed by atoms with Gasteiger partial charge in [0, 0.05) is 0 Å². The van der Waals surface area contributed by atoms with Gasteiger partial charge in [-0.25, -0.2) is 7.11 Å². The largest absolute Gasteiger partial charge is 2.00 e. The molecule has 0 aromatic carbocycles. The van der Waals surface area contributed by atoms with Gasteiger partial charge in [-0.05, 0) is 0 Å². The van der Waals surface area contributed by atoms with E-state index in [1.165, 1.54) is 0 Å². The molecule has 4 heavy (non-hydrogen) atoms. The summed E-state index contributed by atoms with van der Waals surface area (Å²) in [7, 11) is 2.25. The number of hydrogen-bond acceptors (Lipinski definition) is 1. The fourth-order valence-corrected chi connectivity index (χ4v) is 0. The predicted octanol–water partition coefficient (Wildman–Crippen LogP) is 0.601. The smallest absolute Gasteiger partial charge is 0.569 e. The van der Waals surface area contributed by atoms with Crippen LogP contribution in [0.4, 0.5) is 0 Å². The van der Waals surface area contributed by atoms with Gasteiger partial charge in [-0.15, -0.1) is 0 Å². The Balaban J connectivity index is -0.00000000500. The van der Waals surface area contributed by atoms with Crippen LogP contribution in [0, 0.1) is 45.6 Å². The number of hydrogen-bond donors (Lipinski definition) is 1. The van der Waals surface area contributed by atoms with E-state index in [0.29, 0.717) is 0 Å². The van der Waals surface area contributed by atoms with Crippen LogP contribution in [-0.4, -0.2) is 5.11 Å². The summed E-state index contributed by atoms with van der Waals surface area (Å²) in [6.45, 7) is 0. The van der Waals surface area contributed by atoms with Crippen molar-refractivity contribution in [1.29, 1.82) is 0 Å². The second-order valence-corrected chi connectivity index (χ2v) is 0. The second-order valence-electron chi connectivity index (χ2n) is 0. The van der Waals surface area contributed by atoms with Crippen molar-refractivity contribution in [2.24, 2.45) is 0 Å². The maximum Gasteiger partial charge on any atom is 2.00 e. The van der Waals surface area contributed by atoms with E-state index in [-0.39, 0.29) is 38.5 Å². The summed E-state index contributed by atoms with van der Waals surface area (Å²) in [6, 6.07) is 0. The normalized spacial score (nSPS) is 1.50. The molecule has 0 fully saturated rings. The van der Waals surface area contributed by atoms with Crippen molar-refractivity contribution in [3.05, 3.63) is 14.5 Å². The van der Waals surface area contributed by atoms with Gasteiger partial charge in [0.15, 0.2) is 0 Å². The van der Waals surface area contributed by atoms with E-state index in [4.69, 9.17) is 5.11 Å². The molecule has 0 aliphatic rings. The molecular formula is C2H6OU. The van der Waals surface area contributed by atoms with E-state index >= 15 is 0 Å². The molecule has 1 nitrogen and oxygen atoms in total. The Labute approximate surface area is 50.8 Å². The van der Waals surface area contributed by atoms with Crippen molar-refractivity contribution in [1.82, 2.24) is 0 Å². The number of rotatable bonds is 0. The van der Waals surface area contributed by atoms with Crippen molar-refractivity contribution in [2.45, 2.75) is 0 Å². The summed E-state index contributed by atoms with van der Waals surface area (Å²) >= 11 is 0. The molecule has 0 radical (unpaired) electrons. The van der Waals surface area contributed by atoms with Gasteiger partial charge in [-0.2, -0.15) is 0 Å². The summed E-state index contributed by atoms with van der Waals surface area (Å²) in [5.74, 6) is 0. The minimum Gasteiger partial charge on any atom is -0.569 e. The number of aliphatic hydroxyl groups excluding tert-OH is 1. The Hall–Kier alpha value is 1.01. The molecule has 0 saturated carbocycles. The molecule has 0 amide bonds. The van der Waals surface area contributed by atoms with Gasteiger partial charge in [0.2, 0.25) is 0 Å². The zero-order valence-electron chi connectivity index (χ0n) is 2.65. The third-order valence-corrected chi connectivity index (χ3v) is 0. The molecule has 0 spiro atoms. The minimum atomic E-state index is 0. The molecule has 0 aliphatic heterocycles. The maximum atomic E-state index is 6.75. The zero-order chi connectivity index (χ0) is 2.00. The Morgan fingerprint density at radius 3 is 1.25 bits per heavy atom. The zero-order valence-corrected chi connectivity index (χ0v) is 6.82. The molecule has 0 atom stereocenters. The Morgan fingerprint density at radius 1 is 1.25 bits per heavy atom. The summed E-state index contributed by atoms with van der Waals surface area (Å²) in [5, 5.41) is 6.75. The van der Waals surface area contributed by atoms with Gasteiger partial charge in [-0.3, -0.25) is 0 Å². The fraction of sp³-hybridized carbons (Fsp3) is 0. The quantitative estimate of drug-likeness (QED) is 0.646. The van der Waals surface area contributed by atoms with Crippen molar-refractivity contribution in [2.75, 3.05) is 0 Å². The van der Waals surface area contributed by atoms with Crippen LogP contribution >= 0.6 is 0 Å². The van der Waals surface area contributed by atoms with E-state index in [1.54, 1.807) is 0 Å². The van der Waals surface area contributed by atoms with E-state index in [0.717, 1.165) is 0 Å². The molecule has 0 heterocycles. The van der Waals surface area contributed by atoms with Crippen LogP contribution in [0.2, 0.25) is 0 Å². The van der Waals surface area contributed by atoms with Gasteiger partial charge in [0.1, 0.15) is 0 Å². The molecular weight excluding hydrogens is 278 g/mol. The van der Waals surface area contributed by atoms with Gasteiger partial charge in [-0.1, -0.05) is 0 Å². The predicted molar refractivity (Wildman–Crippen MR) is 13.7 cm³/mol. The summed E-state index contributed by atoms with van der Waals surface area (Å²) in [6.07, 6.45) is 0. The summed E-state index contributed by atoms with van der Waals surface area (Å²) < 4.78 is 0. The monoisotopic (exact) mass is 284 g/mol. The molecule has 0 saturated heterocycles. The molecule has 0 unspecified atom stereocenters. The molecule has 2 heteroatoms. The molecule has 24 valence electrons. The molecule has 0 bridgehead atoms. The van der Waals surface area contributed by atoms with E-state index in [9.17, 15) is 0 Å². The van der Waals surface area contributed by atoms with E-state index < -0.39 is 0 Å². The molecule has 1 N–H and O–H groups in total. The van der Waals surface area contributed by atoms with Crippen molar-refractivity contribution < 1.29 is 36.2 Å². The third kappa shape index (κ3) is 11.9. The second kappa shape index (κ2) is 35.5. The van der Waals surface area contributed by atoms with Crippen LogP contribution in [-0.2, 0) is 0 Å². The Bertz CT molecular complexity index is 6.00. The topological polar surface area (TPSA) is 20.2 Å². The summed E-state index contributed by atoms with van der Waals surface area (Å²) in [4.78, 5) is 0. The maximum absolute atomic E-state index is 6.75. The fourth-order valence-electron chi connectivity index (χ4n) is 0. The molecule has 0 aliphatic carbocycles. The van der Waals surface area contributed by atoms with E-state index in [1.807, 2.05) is 0 Å². The Morgan fingerprint density at radius 2 is 1.25 bits per heavy atom. The van der Waals surface area contributed by atoms with Crippen LogP contribution in [0.5, 0.6) is 0 Å². The summed E-state index contributed by atoms with van der Waals surface area (Å²) in [5.41, 5.74) is 0. The van der Waals surface area contributed by atoms with Gasteiger partial charge in [0.05, 0.1) is 0 Å². The van der Waals surface area contributed by atoms with Crippen molar-refractivity contribution >= 4 is 0 Å². The number of aliphatic hydroxyl groups is 1. The van der Waals surface area contributed by atoms with Crippen molar-refractivity contribution in [3.8, 4) is 0 Å². The average Bonchev–Trinajstić information content (AvgIpc) is 1.00. The first-order chi connectivity index (χ1) is 1.00. The first kappa shape index (κ1) is 19.9. The van der Waals surface area contributed by atoms with Crippen LogP contribution < -0.4 is 0 Å². The Kier molecular flexibility index (Phi) is 177. The van der Waals surface area contributed by atoms with Crippen LogP contribution in [0.3, 0.4) is 0 Å². The van der Waals surface area contributed by atoms with Crippen LogP contribution in [0.15, 0.2) is 0 Å². The van der Waals surface area contributed by atoms with Crippen molar-refractivity contribution in [3.63, 3.8) is 0 Å². The van der Waals surface area contributed by atoms with Gasteiger partial charge < -0.3 is 12.5 Å². The first-order valence-electron chi connectivity index (χ1n) is 0.316. The van der Waals surface area contributed by atoms with E-state index in [2.05, 4.69) is 7.11 Å². The third-order valence-electron chi connectivity index (χ3n) is 0. The molecule has 0 aromatic heterocycles. The molecule has 0 aromatic rings.